The summed E-state index contributed by atoms with van der Waals surface area (Å²) in [5.41, 5.74) is 1.79. The van der Waals surface area contributed by atoms with Gasteiger partial charge >= 0.3 is 5.97 Å². The highest BCUT2D eigenvalue weighted by molar-refractivity contribution is 6.34. The number of benzene rings is 3. The molecule has 0 aliphatic heterocycles. The number of amides is 1. The van der Waals surface area contributed by atoms with Gasteiger partial charge in [-0.25, -0.2) is 4.79 Å². The third-order valence-electron chi connectivity index (χ3n) is 4.35. The Morgan fingerprint density at radius 2 is 1.75 bits per heavy atom. The lowest BCUT2D eigenvalue weighted by Gasteiger charge is -2.09. The molecule has 0 saturated carbocycles. The van der Waals surface area contributed by atoms with Crippen molar-refractivity contribution in [2.24, 2.45) is 0 Å². The van der Waals surface area contributed by atoms with Crippen molar-refractivity contribution in [2.45, 2.75) is 6.61 Å². The summed E-state index contributed by atoms with van der Waals surface area (Å²) in [6.07, 6.45) is 1.41. The Balaban J connectivity index is 1.69. The van der Waals surface area contributed by atoms with Crippen LogP contribution in [-0.4, -0.2) is 17.0 Å². The summed E-state index contributed by atoms with van der Waals surface area (Å²) in [4.78, 5) is 23.3. The number of rotatable bonds is 7. The van der Waals surface area contributed by atoms with Crippen LogP contribution in [0.3, 0.4) is 0 Å². The number of nitriles is 1. The number of carboxylic acids is 1. The Bertz CT molecular complexity index is 1230. The van der Waals surface area contributed by atoms with Crippen molar-refractivity contribution < 1.29 is 19.4 Å². The predicted octanol–water partition coefficient (Wildman–Crippen LogP) is 5.82. The van der Waals surface area contributed by atoms with Crippen LogP contribution in [0.15, 0.2) is 72.3 Å². The van der Waals surface area contributed by atoms with Crippen molar-refractivity contribution in [3.8, 4) is 11.8 Å². The number of nitrogens with one attached hydrogen (secondary N) is 1. The summed E-state index contributed by atoms with van der Waals surface area (Å²) in [5.74, 6) is -1.19. The number of nitrogens with zero attached hydrogens (tertiary/aromatic N) is 1. The van der Waals surface area contributed by atoms with Crippen LogP contribution < -0.4 is 10.1 Å². The summed E-state index contributed by atoms with van der Waals surface area (Å²) in [5, 5.41) is 21.6. The Morgan fingerprint density at radius 3 is 2.38 bits per heavy atom. The molecule has 0 aliphatic rings. The number of ether oxygens (including phenoxy) is 1. The molecule has 0 aromatic heterocycles. The lowest BCUT2D eigenvalue weighted by atomic mass is 10.1. The van der Waals surface area contributed by atoms with Crippen molar-refractivity contribution >= 4 is 46.8 Å². The van der Waals surface area contributed by atoms with Crippen molar-refractivity contribution in [3.63, 3.8) is 0 Å². The minimum Gasteiger partial charge on any atom is -0.487 e. The molecular formula is C24H16Cl2N2O4. The standard InChI is InChI=1S/C24H16Cl2N2O4/c25-19-3-1-2-4-21(19)28-23(29)18(13-27)11-16-7-10-22(20(26)12-16)32-14-15-5-8-17(9-6-15)24(30)31/h1-12H,14H2,(H,28,29)(H,30,31)/b18-11+. The molecule has 32 heavy (non-hydrogen) atoms. The van der Waals surface area contributed by atoms with Crippen molar-refractivity contribution in [1.29, 1.82) is 5.26 Å². The van der Waals surface area contributed by atoms with Gasteiger partial charge in [-0.1, -0.05) is 53.5 Å². The summed E-state index contributed by atoms with van der Waals surface area (Å²) in [6, 6.07) is 19.8. The highest BCUT2D eigenvalue weighted by Gasteiger charge is 2.12. The second-order valence-corrected chi connectivity index (χ2v) is 7.40. The van der Waals surface area contributed by atoms with Gasteiger partial charge in [0.05, 0.1) is 21.3 Å². The van der Waals surface area contributed by atoms with Gasteiger partial charge in [0, 0.05) is 0 Å². The van der Waals surface area contributed by atoms with E-state index in [0.717, 1.165) is 5.56 Å². The quantitative estimate of drug-likeness (QED) is 0.337. The first kappa shape index (κ1) is 22.9. The first-order valence-electron chi connectivity index (χ1n) is 9.29. The first-order valence-corrected chi connectivity index (χ1v) is 10.0. The molecule has 3 rings (SSSR count). The summed E-state index contributed by atoms with van der Waals surface area (Å²) in [7, 11) is 0. The lowest BCUT2D eigenvalue weighted by molar-refractivity contribution is -0.112. The number of anilines is 1. The molecular weight excluding hydrogens is 451 g/mol. The van der Waals surface area contributed by atoms with Gasteiger partial charge in [-0.3, -0.25) is 4.79 Å². The zero-order valence-corrected chi connectivity index (χ0v) is 18.0. The smallest absolute Gasteiger partial charge is 0.335 e. The minimum absolute atomic E-state index is 0.117. The third-order valence-corrected chi connectivity index (χ3v) is 4.97. The SMILES string of the molecule is N#C/C(=C\c1ccc(OCc2ccc(C(=O)O)cc2)c(Cl)c1)C(=O)Nc1ccccc1Cl. The number of halogens is 2. The molecule has 6 nitrogen and oxygen atoms in total. The molecule has 160 valence electrons. The third kappa shape index (κ3) is 5.88. The zero-order valence-electron chi connectivity index (χ0n) is 16.5. The second-order valence-electron chi connectivity index (χ2n) is 6.58. The van der Waals surface area contributed by atoms with Crippen molar-refractivity contribution in [2.75, 3.05) is 5.32 Å². The Morgan fingerprint density at radius 1 is 1.03 bits per heavy atom. The van der Waals surface area contributed by atoms with E-state index in [2.05, 4.69) is 5.32 Å². The van der Waals surface area contributed by atoms with E-state index in [0.29, 0.717) is 27.0 Å². The Labute approximate surface area is 194 Å². The normalized spacial score (nSPS) is 10.8. The number of aromatic carboxylic acids is 1. The number of hydrogen-bond acceptors (Lipinski definition) is 4. The van der Waals surface area contributed by atoms with E-state index in [9.17, 15) is 14.9 Å². The molecule has 0 heterocycles. The molecule has 0 aliphatic carbocycles. The van der Waals surface area contributed by atoms with Crippen LogP contribution in [0.5, 0.6) is 5.75 Å². The number of carbonyl (C=O) groups excluding carboxylic acids is 1. The maximum Gasteiger partial charge on any atom is 0.335 e. The summed E-state index contributed by atoms with van der Waals surface area (Å²) >= 11 is 12.3. The molecule has 0 atom stereocenters. The summed E-state index contributed by atoms with van der Waals surface area (Å²) in [6.45, 7) is 0.193. The van der Waals surface area contributed by atoms with Crippen LogP contribution in [0.4, 0.5) is 5.69 Å². The number of carbonyl (C=O) groups is 2. The maximum absolute atomic E-state index is 12.4. The minimum atomic E-state index is -0.999. The number of carboxylic acid groups (broad SMARTS) is 1. The number of para-hydroxylation sites is 1. The molecule has 0 unspecified atom stereocenters. The summed E-state index contributed by atoms with van der Waals surface area (Å²) < 4.78 is 5.69. The Hall–Kier alpha value is -3.79. The van der Waals surface area contributed by atoms with E-state index in [-0.39, 0.29) is 17.7 Å². The molecule has 2 N–H and O–H groups in total. The van der Waals surface area contributed by atoms with E-state index < -0.39 is 11.9 Å². The van der Waals surface area contributed by atoms with Gasteiger partial charge in [-0.2, -0.15) is 5.26 Å². The fourth-order valence-electron chi connectivity index (χ4n) is 2.70. The fraction of sp³-hybridized carbons (Fsp3) is 0.0417. The van der Waals surface area contributed by atoms with Gasteiger partial charge in [0.2, 0.25) is 0 Å². The van der Waals surface area contributed by atoms with E-state index in [4.69, 9.17) is 33.0 Å². The fourth-order valence-corrected chi connectivity index (χ4v) is 3.12. The van der Waals surface area contributed by atoms with Crippen LogP contribution in [-0.2, 0) is 11.4 Å². The molecule has 0 spiro atoms. The van der Waals surface area contributed by atoms with Crippen LogP contribution in [0.25, 0.3) is 6.08 Å². The average Bonchev–Trinajstić information content (AvgIpc) is 2.78. The molecule has 0 saturated heterocycles. The van der Waals surface area contributed by atoms with Crippen LogP contribution in [0.2, 0.25) is 10.0 Å². The van der Waals surface area contributed by atoms with Gasteiger partial charge in [-0.15, -0.1) is 0 Å². The second kappa shape index (κ2) is 10.5. The first-order chi connectivity index (χ1) is 15.4. The molecule has 8 heteroatoms. The highest BCUT2D eigenvalue weighted by Crippen LogP contribution is 2.28. The topological polar surface area (TPSA) is 99.4 Å². The Kier molecular flexibility index (Phi) is 7.50. The highest BCUT2D eigenvalue weighted by atomic mass is 35.5. The van der Waals surface area contributed by atoms with Gasteiger partial charge in [0.25, 0.3) is 5.91 Å². The van der Waals surface area contributed by atoms with Crippen LogP contribution in [0, 0.1) is 11.3 Å². The molecule has 3 aromatic rings. The maximum atomic E-state index is 12.4. The molecule has 0 fully saturated rings. The van der Waals surface area contributed by atoms with Gasteiger partial charge in [0.1, 0.15) is 24.0 Å². The molecule has 3 aromatic carbocycles. The monoisotopic (exact) mass is 466 g/mol. The van der Waals surface area contributed by atoms with E-state index >= 15 is 0 Å². The largest absolute Gasteiger partial charge is 0.487 e. The zero-order chi connectivity index (χ0) is 23.1. The predicted molar refractivity (Wildman–Crippen MR) is 123 cm³/mol. The molecule has 0 bridgehead atoms. The molecule has 0 radical (unpaired) electrons. The van der Waals surface area contributed by atoms with Crippen molar-refractivity contribution in [1.82, 2.24) is 0 Å². The van der Waals surface area contributed by atoms with Crippen molar-refractivity contribution in [3.05, 3.63) is 99.0 Å². The van der Waals surface area contributed by atoms with Gasteiger partial charge in [0.15, 0.2) is 0 Å². The van der Waals surface area contributed by atoms with Crippen LogP contribution >= 0.6 is 23.2 Å². The lowest BCUT2D eigenvalue weighted by Crippen LogP contribution is -2.13. The molecule has 1 amide bonds. The van der Waals surface area contributed by atoms with Gasteiger partial charge in [-0.05, 0) is 53.6 Å². The van der Waals surface area contributed by atoms with E-state index in [1.54, 1.807) is 54.6 Å². The van der Waals surface area contributed by atoms with E-state index in [1.165, 1.54) is 18.2 Å². The van der Waals surface area contributed by atoms with Gasteiger partial charge < -0.3 is 15.2 Å². The average molecular weight is 467 g/mol. The number of hydrogen-bond donors (Lipinski definition) is 2. The van der Waals surface area contributed by atoms with E-state index in [1.807, 2.05) is 6.07 Å². The van der Waals surface area contributed by atoms with Crippen LogP contribution in [0.1, 0.15) is 21.5 Å².